The maximum Gasteiger partial charge on any atom is 0.164 e. The molecule has 31 heavy (non-hydrogen) atoms. The number of hydrogen-bond donors (Lipinski definition) is 0. The van der Waals surface area contributed by atoms with Gasteiger partial charge in [0.1, 0.15) is 5.75 Å². The number of benzene rings is 1. The number of methoxy groups -OCH3 is 1. The third-order valence-electron chi connectivity index (χ3n) is 5.43. The predicted octanol–water partition coefficient (Wildman–Crippen LogP) is 4.09. The summed E-state index contributed by atoms with van der Waals surface area (Å²) >= 11 is 0. The van der Waals surface area contributed by atoms with E-state index in [0.29, 0.717) is 0 Å². The van der Waals surface area contributed by atoms with Gasteiger partial charge in [0.2, 0.25) is 0 Å². The zero-order chi connectivity index (χ0) is 21.5. The molecule has 0 saturated heterocycles. The van der Waals surface area contributed by atoms with Crippen LogP contribution in [0, 0.1) is 13.8 Å². The summed E-state index contributed by atoms with van der Waals surface area (Å²) in [4.78, 5) is 9.17. The lowest BCUT2D eigenvalue weighted by Gasteiger charge is -2.12. The van der Waals surface area contributed by atoms with Crippen molar-refractivity contribution in [3.05, 3.63) is 66.6 Å². The van der Waals surface area contributed by atoms with Crippen molar-refractivity contribution in [1.82, 2.24) is 33.9 Å². The second kappa shape index (κ2) is 7.39. The van der Waals surface area contributed by atoms with Crippen molar-refractivity contribution in [3.8, 4) is 34.0 Å². The topological polar surface area (TPSA) is 75.1 Å². The molecule has 4 aromatic heterocycles. The Morgan fingerprint density at radius 1 is 1.10 bits per heavy atom. The standard InChI is InChI=1S/C23H23N7O/c1-5-28-14-24-13-20(28)19-11-15(2)26-23-22(16(3)27-30(19)23)18-8-7-17(12-21(18)31-4)29-10-6-9-25-29/h6-14H,5H2,1-4H3. The summed E-state index contributed by atoms with van der Waals surface area (Å²) in [6.07, 6.45) is 7.37. The Labute approximate surface area is 179 Å². The van der Waals surface area contributed by atoms with Crippen molar-refractivity contribution in [1.29, 1.82) is 0 Å². The van der Waals surface area contributed by atoms with Crippen LogP contribution in [0.3, 0.4) is 0 Å². The van der Waals surface area contributed by atoms with E-state index in [2.05, 4.69) is 21.6 Å². The monoisotopic (exact) mass is 413 g/mol. The molecule has 156 valence electrons. The van der Waals surface area contributed by atoms with E-state index in [-0.39, 0.29) is 0 Å². The first-order valence-corrected chi connectivity index (χ1v) is 10.2. The molecule has 0 aliphatic heterocycles. The van der Waals surface area contributed by atoms with E-state index >= 15 is 0 Å². The van der Waals surface area contributed by atoms with Gasteiger partial charge in [0.15, 0.2) is 5.65 Å². The fourth-order valence-corrected chi connectivity index (χ4v) is 3.98. The molecule has 5 rings (SSSR count). The number of hydrogen-bond acceptors (Lipinski definition) is 5. The average Bonchev–Trinajstić information content (AvgIpc) is 3.52. The third kappa shape index (κ3) is 3.07. The van der Waals surface area contributed by atoms with Crippen LogP contribution in [0.1, 0.15) is 18.3 Å². The second-order valence-electron chi connectivity index (χ2n) is 7.38. The Hall–Kier alpha value is -3.94. The molecule has 4 heterocycles. The molecule has 0 unspecified atom stereocenters. The van der Waals surface area contributed by atoms with Crippen molar-refractivity contribution in [3.63, 3.8) is 0 Å². The molecule has 5 aromatic rings. The molecule has 0 spiro atoms. The van der Waals surface area contributed by atoms with Gasteiger partial charge < -0.3 is 9.30 Å². The summed E-state index contributed by atoms with van der Waals surface area (Å²) < 4.78 is 11.6. The number of rotatable bonds is 5. The number of imidazole rings is 1. The Kier molecular flexibility index (Phi) is 4.54. The summed E-state index contributed by atoms with van der Waals surface area (Å²) in [5.74, 6) is 0.745. The van der Waals surface area contributed by atoms with Crippen LogP contribution in [0.25, 0.3) is 33.8 Å². The van der Waals surface area contributed by atoms with Gasteiger partial charge in [0.05, 0.1) is 48.0 Å². The number of nitrogens with zero attached hydrogens (tertiary/aromatic N) is 7. The van der Waals surface area contributed by atoms with Crippen LogP contribution < -0.4 is 4.74 Å². The highest BCUT2D eigenvalue weighted by molar-refractivity contribution is 5.85. The van der Waals surface area contributed by atoms with Crippen molar-refractivity contribution in [2.75, 3.05) is 7.11 Å². The van der Waals surface area contributed by atoms with Gasteiger partial charge in [-0.25, -0.2) is 19.2 Å². The molecule has 0 fully saturated rings. The summed E-state index contributed by atoms with van der Waals surface area (Å²) in [5, 5.41) is 9.16. The van der Waals surface area contributed by atoms with Crippen LogP contribution in [0.2, 0.25) is 0 Å². The molecule has 0 saturated carbocycles. The van der Waals surface area contributed by atoms with Gasteiger partial charge in [0.25, 0.3) is 0 Å². The van der Waals surface area contributed by atoms with Crippen molar-refractivity contribution >= 4 is 5.65 Å². The van der Waals surface area contributed by atoms with Crippen LogP contribution >= 0.6 is 0 Å². The maximum atomic E-state index is 5.76. The van der Waals surface area contributed by atoms with Gasteiger partial charge in [-0.15, -0.1) is 0 Å². The summed E-state index contributed by atoms with van der Waals surface area (Å²) in [7, 11) is 1.68. The van der Waals surface area contributed by atoms with E-state index < -0.39 is 0 Å². The minimum atomic E-state index is 0.745. The predicted molar refractivity (Wildman–Crippen MR) is 118 cm³/mol. The zero-order valence-electron chi connectivity index (χ0n) is 17.9. The zero-order valence-corrected chi connectivity index (χ0v) is 17.9. The van der Waals surface area contributed by atoms with Crippen LogP contribution in [0.15, 0.2) is 55.2 Å². The number of aromatic nitrogens is 7. The third-order valence-corrected chi connectivity index (χ3v) is 5.43. The molecule has 0 aliphatic rings. The quantitative estimate of drug-likeness (QED) is 0.434. The smallest absolute Gasteiger partial charge is 0.164 e. The first kappa shape index (κ1) is 19.0. The molecule has 0 radical (unpaired) electrons. The van der Waals surface area contributed by atoms with Crippen molar-refractivity contribution in [2.45, 2.75) is 27.3 Å². The molecule has 1 aromatic carbocycles. The summed E-state index contributed by atoms with van der Waals surface area (Å²) in [6.45, 7) is 6.93. The van der Waals surface area contributed by atoms with Crippen LogP contribution in [-0.2, 0) is 6.54 Å². The fraction of sp³-hybridized carbons (Fsp3) is 0.217. The van der Waals surface area contributed by atoms with E-state index in [9.17, 15) is 0 Å². The number of fused-ring (bicyclic) bond motifs is 1. The van der Waals surface area contributed by atoms with E-state index in [4.69, 9.17) is 14.8 Å². The van der Waals surface area contributed by atoms with Gasteiger partial charge in [-0.2, -0.15) is 10.2 Å². The molecule has 0 aliphatic carbocycles. The fourth-order valence-electron chi connectivity index (χ4n) is 3.98. The lowest BCUT2D eigenvalue weighted by molar-refractivity contribution is 0.416. The van der Waals surface area contributed by atoms with Crippen molar-refractivity contribution in [2.24, 2.45) is 0 Å². The van der Waals surface area contributed by atoms with Gasteiger partial charge in [-0.05, 0) is 45.0 Å². The van der Waals surface area contributed by atoms with Crippen LogP contribution in [-0.4, -0.2) is 41.0 Å². The average molecular weight is 413 g/mol. The first-order chi connectivity index (χ1) is 15.1. The normalized spacial score (nSPS) is 11.4. The summed E-state index contributed by atoms with van der Waals surface area (Å²) in [5.41, 5.74) is 7.39. The molecule has 0 amide bonds. The Morgan fingerprint density at radius 3 is 2.71 bits per heavy atom. The Morgan fingerprint density at radius 2 is 1.97 bits per heavy atom. The largest absolute Gasteiger partial charge is 0.496 e. The minimum Gasteiger partial charge on any atom is -0.496 e. The minimum absolute atomic E-state index is 0.745. The second-order valence-corrected chi connectivity index (χ2v) is 7.38. The molecule has 8 heteroatoms. The maximum absolute atomic E-state index is 5.76. The Balaban J connectivity index is 1.74. The summed E-state index contributed by atoms with van der Waals surface area (Å²) in [6, 6.07) is 9.99. The van der Waals surface area contributed by atoms with E-state index in [1.165, 1.54) is 0 Å². The highest BCUT2D eigenvalue weighted by Crippen LogP contribution is 2.37. The molecule has 8 nitrogen and oxygen atoms in total. The highest BCUT2D eigenvalue weighted by atomic mass is 16.5. The lowest BCUT2D eigenvalue weighted by Crippen LogP contribution is -2.03. The lowest BCUT2D eigenvalue weighted by atomic mass is 10.0. The van der Waals surface area contributed by atoms with Gasteiger partial charge >= 0.3 is 0 Å². The number of ether oxygens (including phenoxy) is 1. The molecular formula is C23H23N7O. The highest BCUT2D eigenvalue weighted by Gasteiger charge is 2.21. The van der Waals surface area contributed by atoms with Gasteiger partial charge in [0, 0.05) is 36.3 Å². The number of aryl methyl sites for hydroxylation is 3. The van der Waals surface area contributed by atoms with Crippen molar-refractivity contribution < 1.29 is 4.74 Å². The van der Waals surface area contributed by atoms with Crippen LogP contribution in [0.4, 0.5) is 0 Å². The molecule has 0 N–H and O–H groups in total. The Bertz CT molecular complexity index is 1380. The molecule has 0 bridgehead atoms. The molecule has 0 atom stereocenters. The molecular weight excluding hydrogens is 390 g/mol. The van der Waals surface area contributed by atoms with Crippen LogP contribution in [0.5, 0.6) is 5.75 Å². The first-order valence-electron chi connectivity index (χ1n) is 10.2. The van der Waals surface area contributed by atoms with Gasteiger partial charge in [-0.1, -0.05) is 0 Å². The van der Waals surface area contributed by atoms with E-state index in [1.54, 1.807) is 13.3 Å². The van der Waals surface area contributed by atoms with E-state index in [1.807, 2.05) is 72.1 Å². The van der Waals surface area contributed by atoms with Gasteiger partial charge in [-0.3, -0.25) is 0 Å². The van der Waals surface area contributed by atoms with E-state index in [0.717, 1.165) is 57.5 Å². The SMILES string of the molecule is CCn1cncc1-c1cc(C)nc2c(-c3ccc(-n4cccn4)cc3OC)c(C)nn12.